The molecule has 0 spiro atoms. The Morgan fingerprint density at radius 3 is 1.97 bits per heavy atom. The van der Waals surface area contributed by atoms with Crippen molar-refractivity contribution in [1.82, 2.24) is 15.5 Å². The average Bonchev–Trinajstić information content (AvgIpc) is 2.98. The summed E-state index contributed by atoms with van der Waals surface area (Å²) >= 11 is 0. The molecule has 3 rings (SSSR count). The number of fused-ring (bicyclic) bond motifs is 1. The van der Waals surface area contributed by atoms with Gasteiger partial charge in [0, 0.05) is 18.7 Å². The molecule has 0 saturated carbocycles. The smallest absolute Gasteiger partial charge is 0.262 e. The van der Waals surface area contributed by atoms with Crippen molar-refractivity contribution in [1.29, 1.82) is 0 Å². The summed E-state index contributed by atoms with van der Waals surface area (Å²) in [6.07, 6.45) is 0. The van der Waals surface area contributed by atoms with Crippen molar-refractivity contribution >= 4 is 23.6 Å². The Morgan fingerprint density at radius 2 is 1.43 bits per heavy atom. The van der Waals surface area contributed by atoms with Crippen LogP contribution in [0.3, 0.4) is 0 Å². The minimum Gasteiger partial charge on any atom is -0.504 e. The Kier molecular flexibility index (Phi) is 5.58. The molecule has 4 amide bonds. The largest absolute Gasteiger partial charge is 0.504 e. The van der Waals surface area contributed by atoms with Crippen LogP contribution in [-0.2, 0) is 4.79 Å². The second-order valence-electron chi connectivity index (χ2n) is 6.61. The van der Waals surface area contributed by atoms with Crippen LogP contribution in [0.25, 0.3) is 0 Å². The third-order valence-corrected chi connectivity index (χ3v) is 4.63. The number of hydrogen-bond donors (Lipinski definition) is 5. The first-order chi connectivity index (χ1) is 14.2. The highest BCUT2D eigenvalue weighted by Gasteiger charge is 2.40. The van der Waals surface area contributed by atoms with Gasteiger partial charge in [-0.2, -0.15) is 0 Å². The number of hydrogen-bond acceptors (Lipinski definition) is 7. The van der Waals surface area contributed by atoms with Crippen molar-refractivity contribution in [2.45, 2.75) is 13.0 Å². The van der Waals surface area contributed by atoms with E-state index in [0.717, 1.165) is 17.0 Å². The predicted molar refractivity (Wildman–Crippen MR) is 103 cm³/mol. The van der Waals surface area contributed by atoms with Gasteiger partial charge >= 0.3 is 0 Å². The fraction of sp³-hybridized carbons (Fsp3) is 0.200. The second-order valence-corrected chi connectivity index (χ2v) is 6.61. The molecule has 1 unspecified atom stereocenters. The highest BCUT2D eigenvalue weighted by Crippen LogP contribution is 2.35. The molecule has 2 aromatic carbocycles. The standard InChI is InChI=1S/C20H19N3O7/c1-10(23-19(29)12-4-2-3-5-13(12)20(23)30)17(27)21-6-7-22-18(28)11-8-14(24)16(26)15(25)9-11/h2-5,8-10,24-26H,6-7H2,1H3,(H,21,27)(H,22,28). The van der Waals surface area contributed by atoms with E-state index in [1.807, 2.05) is 0 Å². The van der Waals surface area contributed by atoms with Gasteiger partial charge in [-0.25, -0.2) is 0 Å². The first kappa shape index (κ1) is 20.6. The molecule has 10 nitrogen and oxygen atoms in total. The summed E-state index contributed by atoms with van der Waals surface area (Å²) in [6, 6.07) is 7.23. The molecule has 1 atom stereocenters. The summed E-state index contributed by atoms with van der Waals surface area (Å²) < 4.78 is 0. The van der Waals surface area contributed by atoms with Gasteiger partial charge in [0.05, 0.1) is 11.1 Å². The van der Waals surface area contributed by atoms with Crippen LogP contribution in [0.1, 0.15) is 38.0 Å². The molecule has 1 aliphatic heterocycles. The van der Waals surface area contributed by atoms with Crippen LogP contribution in [0.2, 0.25) is 0 Å². The molecule has 0 aliphatic carbocycles. The molecule has 1 heterocycles. The lowest BCUT2D eigenvalue weighted by Gasteiger charge is -2.21. The molecule has 0 aromatic heterocycles. The lowest BCUT2D eigenvalue weighted by Crippen LogP contribution is -2.49. The molecular formula is C20H19N3O7. The molecule has 5 N–H and O–H groups in total. The Morgan fingerprint density at radius 1 is 0.933 bits per heavy atom. The quantitative estimate of drug-likeness (QED) is 0.260. The first-order valence-corrected chi connectivity index (χ1v) is 9.00. The van der Waals surface area contributed by atoms with Crippen LogP contribution in [-0.4, -0.2) is 63.0 Å². The number of phenols is 3. The van der Waals surface area contributed by atoms with Gasteiger partial charge in [0.2, 0.25) is 5.91 Å². The molecule has 0 radical (unpaired) electrons. The SMILES string of the molecule is CC(C(=O)NCCNC(=O)c1cc(O)c(O)c(O)c1)N1C(=O)c2ccccc2C1=O. The number of amides is 4. The van der Waals surface area contributed by atoms with E-state index in [2.05, 4.69) is 10.6 Å². The predicted octanol–water partition coefficient (Wildman–Crippen LogP) is 0.334. The van der Waals surface area contributed by atoms with Crippen molar-refractivity contribution in [3.63, 3.8) is 0 Å². The minimum absolute atomic E-state index is 0.00180. The molecule has 0 saturated heterocycles. The van der Waals surface area contributed by atoms with Crippen LogP contribution in [0.5, 0.6) is 17.2 Å². The van der Waals surface area contributed by atoms with Gasteiger partial charge in [-0.15, -0.1) is 0 Å². The fourth-order valence-corrected chi connectivity index (χ4v) is 3.02. The van der Waals surface area contributed by atoms with E-state index in [4.69, 9.17) is 0 Å². The van der Waals surface area contributed by atoms with Crippen molar-refractivity contribution in [2.75, 3.05) is 13.1 Å². The van der Waals surface area contributed by atoms with E-state index in [1.54, 1.807) is 12.1 Å². The van der Waals surface area contributed by atoms with Crippen molar-refractivity contribution in [3.05, 3.63) is 53.1 Å². The highest BCUT2D eigenvalue weighted by molar-refractivity contribution is 6.22. The van der Waals surface area contributed by atoms with Gasteiger partial charge in [-0.3, -0.25) is 24.1 Å². The average molecular weight is 413 g/mol. The third-order valence-electron chi connectivity index (χ3n) is 4.63. The highest BCUT2D eigenvalue weighted by atomic mass is 16.3. The summed E-state index contributed by atoms with van der Waals surface area (Å²) in [4.78, 5) is 50.1. The summed E-state index contributed by atoms with van der Waals surface area (Å²) in [5.74, 6) is -4.34. The number of carbonyl (C=O) groups excluding carboxylic acids is 4. The van der Waals surface area contributed by atoms with Gasteiger partial charge in [0.25, 0.3) is 17.7 Å². The van der Waals surface area contributed by atoms with Crippen LogP contribution >= 0.6 is 0 Å². The third kappa shape index (κ3) is 3.75. The van der Waals surface area contributed by atoms with E-state index in [9.17, 15) is 34.5 Å². The maximum atomic E-state index is 12.4. The lowest BCUT2D eigenvalue weighted by molar-refractivity contribution is -0.124. The van der Waals surface area contributed by atoms with Gasteiger partial charge < -0.3 is 26.0 Å². The minimum atomic E-state index is -1.04. The summed E-state index contributed by atoms with van der Waals surface area (Å²) in [7, 11) is 0. The fourth-order valence-electron chi connectivity index (χ4n) is 3.02. The van der Waals surface area contributed by atoms with E-state index < -0.39 is 46.9 Å². The Hall–Kier alpha value is -4.08. The molecule has 0 fully saturated rings. The number of rotatable bonds is 6. The molecule has 156 valence electrons. The maximum Gasteiger partial charge on any atom is 0.262 e. The normalized spacial score (nSPS) is 13.7. The van der Waals surface area contributed by atoms with E-state index >= 15 is 0 Å². The Bertz CT molecular complexity index is 992. The summed E-state index contributed by atoms with van der Waals surface area (Å²) in [5.41, 5.74) is 0.401. The number of nitrogens with one attached hydrogen (secondary N) is 2. The summed E-state index contributed by atoms with van der Waals surface area (Å²) in [6.45, 7) is 1.44. The molecule has 2 aromatic rings. The van der Waals surface area contributed by atoms with Crippen LogP contribution < -0.4 is 10.6 Å². The Balaban J connectivity index is 1.52. The van der Waals surface area contributed by atoms with Crippen molar-refractivity contribution < 1.29 is 34.5 Å². The number of carbonyl (C=O) groups is 4. The number of benzene rings is 2. The molecule has 1 aliphatic rings. The van der Waals surface area contributed by atoms with E-state index in [-0.39, 0.29) is 29.8 Å². The van der Waals surface area contributed by atoms with Crippen molar-refractivity contribution in [2.24, 2.45) is 0 Å². The van der Waals surface area contributed by atoms with Crippen LogP contribution in [0.15, 0.2) is 36.4 Å². The molecule has 0 bridgehead atoms. The first-order valence-electron chi connectivity index (χ1n) is 9.00. The monoisotopic (exact) mass is 413 g/mol. The number of phenolic OH excluding ortho intramolecular Hbond substituents is 3. The lowest BCUT2D eigenvalue weighted by atomic mass is 10.1. The number of aromatic hydroxyl groups is 3. The van der Waals surface area contributed by atoms with Gasteiger partial charge in [-0.05, 0) is 31.2 Å². The zero-order valence-electron chi connectivity index (χ0n) is 15.9. The number of imide groups is 1. The van der Waals surface area contributed by atoms with E-state index in [1.165, 1.54) is 19.1 Å². The topological polar surface area (TPSA) is 156 Å². The maximum absolute atomic E-state index is 12.4. The van der Waals surface area contributed by atoms with Crippen LogP contribution in [0, 0.1) is 0 Å². The number of nitrogens with zero attached hydrogens (tertiary/aromatic N) is 1. The molecular weight excluding hydrogens is 394 g/mol. The Labute approximate surface area is 170 Å². The second kappa shape index (κ2) is 8.11. The van der Waals surface area contributed by atoms with E-state index in [0.29, 0.717) is 0 Å². The van der Waals surface area contributed by atoms with Crippen molar-refractivity contribution in [3.8, 4) is 17.2 Å². The molecule has 10 heteroatoms. The van der Waals surface area contributed by atoms with Crippen LogP contribution in [0.4, 0.5) is 0 Å². The molecule has 30 heavy (non-hydrogen) atoms. The van der Waals surface area contributed by atoms with Gasteiger partial charge in [0.1, 0.15) is 6.04 Å². The van der Waals surface area contributed by atoms with Gasteiger partial charge in [0.15, 0.2) is 17.2 Å². The zero-order chi connectivity index (χ0) is 22.0. The summed E-state index contributed by atoms with van der Waals surface area (Å²) in [5, 5.41) is 33.2. The van der Waals surface area contributed by atoms with Gasteiger partial charge in [-0.1, -0.05) is 12.1 Å². The zero-order valence-corrected chi connectivity index (χ0v) is 15.9.